The Bertz CT molecular complexity index is 2900. The zero-order chi connectivity index (χ0) is 32.3. The number of benzene rings is 8. The Morgan fingerprint density at radius 2 is 0.857 bits per heavy atom. The molecule has 2 aromatic heterocycles. The third-order valence-electron chi connectivity index (χ3n) is 9.51. The summed E-state index contributed by atoms with van der Waals surface area (Å²) in [5.74, 6) is 1.85. The first-order chi connectivity index (χ1) is 24.3. The third-order valence-corrected chi connectivity index (χ3v) is 9.51. The summed E-state index contributed by atoms with van der Waals surface area (Å²) in [7, 11) is 0. The van der Waals surface area contributed by atoms with Crippen molar-refractivity contribution >= 4 is 54.3 Å². The molecular formula is C45H27N3O. The van der Waals surface area contributed by atoms with Gasteiger partial charge in [0.05, 0.1) is 0 Å². The van der Waals surface area contributed by atoms with E-state index in [4.69, 9.17) is 19.4 Å². The summed E-state index contributed by atoms with van der Waals surface area (Å²) in [5.41, 5.74) is 6.78. The maximum Gasteiger partial charge on any atom is 0.164 e. The van der Waals surface area contributed by atoms with Crippen LogP contribution in [0.4, 0.5) is 0 Å². The number of nitrogens with zero attached hydrogens (tertiary/aromatic N) is 3. The molecule has 0 fully saturated rings. The molecule has 8 aromatic carbocycles. The SMILES string of the molecule is c1ccc2cc(-c3nc(-c4ccc(-c5ccc6ccccc6c5)c5ccccc45)nc(-c4cccc5oc6ccccc6c45)n3)ccc2c1. The number of para-hydroxylation sites is 1. The summed E-state index contributed by atoms with van der Waals surface area (Å²) in [4.78, 5) is 15.6. The largest absolute Gasteiger partial charge is 0.456 e. The molecule has 0 saturated heterocycles. The van der Waals surface area contributed by atoms with Gasteiger partial charge in [-0.1, -0.05) is 133 Å². The number of hydrogen-bond donors (Lipinski definition) is 0. The number of fused-ring (bicyclic) bond motifs is 6. The third kappa shape index (κ3) is 4.57. The molecule has 0 radical (unpaired) electrons. The van der Waals surface area contributed by atoms with Crippen LogP contribution in [0.5, 0.6) is 0 Å². The van der Waals surface area contributed by atoms with E-state index in [1.165, 1.54) is 27.3 Å². The second kappa shape index (κ2) is 11.0. The lowest BCUT2D eigenvalue weighted by Gasteiger charge is -2.14. The first-order valence-electron chi connectivity index (χ1n) is 16.4. The molecule has 0 bridgehead atoms. The molecule has 0 unspecified atom stereocenters. The summed E-state index contributed by atoms with van der Waals surface area (Å²) < 4.78 is 6.26. The van der Waals surface area contributed by atoms with Crippen LogP contribution in [0, 0.1) is 0 Å². The molecule has 4 heteroatoms. The first-order valence-corrected chi connectivity index (χ1v) is 16.4. The van der Waals surface area contributed by atoms with Gasteiger partial charge in [0, 0.05) is 27.5 Å². The van der Waals surface area contributed by atoms with E-state index in [-0.39, 0.29) is 0 Å². The number of hydrogen-bond acceptors (Lipinski definition) is 4. The van der Waals surface area contributed by atoms with Crippen molar-refractivity contribution in [3.05, 3.63) is 164 Å². The Morgan fingerprint density at radius 1 is 0.327 bits per heavy atom. The fourth-order valence-electron chi connectivity index (χ4n) is 7.14. The Morgan fingerprint density at radius 3 is 1.61 bits per heavy atom. The highest BCUT2D eigenvalue weighted by atomic mass is 16.3. The zero-order valence-corrected chi connectivity index (χ0v) is 26.3. The van der Waals surface area contributed by atoms with Gasteiger partial charge >= 0.3 is 0 Å². The Labute approximate surface area is 282 Å². The highest BCUT2D eigenvalue weighted by molar-refractivity contribution is 6.12. The minimum absolute atomic E-state index is 0.605. The predicted molar refractivity (Wildman–Crippen MR) is 201 cm³/mol. The van der Waals surface area contributed by atoms with E-state index in [1.54, 1.807) is 0 Å². The van der Waals surface area contributed by atoms with E-state index < -0.39 is 0 Å². The molecule has 10 aromatic rings. The molecular weight excluding hydrogens is 599 g/mol. The molecule has 2 heterocycles. The maximum absolute atomic E-state index is 6.26. The van der Waals surface area contributed by atoms with E-state index in [2.05, 4.69) is 133 Å². The van der Waals surface area contributed by atoms with Crippen LogP contribution in [0.3, 0.4) is 0 Å². The van der Waals surface area contributed by atoms with Gasteiger partial charge in [-0.2, -0.15) is 0 Å². The lowest BCUT2D eigenvalue weighted by atomic mass is 9.93. The van der Waals surface area contributed by atoms with Crippen LogP contribution in [-0.4, -0.2) is 15.0 Å². The van der Waals surface area contributed by atoms with Crippen molar-refractivity contribution in [3.8, 4) is 45.3 Å². The molecule has 4 nitrogen and oxygen atoms in total. The van der Waals surface area contributed by atoms with Crippen LogP contribution in [0.25, 0.3) is 99.5 Å². The van der Waals surface area contributed by atoms with E-state index in [9.17, 15) is 0 Å². The summed E-state index contributed by atoms with van der Waals surface area (Å²) in [6.07, 6.45) is 0. The minimum atomic E-state index is 0.605. The fourth-order valence-corrected chi connectivity index (χ4v) is 7.14. The van der Waals surface area contributed by atoms with E-state index in [0.717, 1.165) is 54.8 Å². The Hall–Kier alpha value is -6.65. The number of aromatic nitrogens is 3. The molecule has 0 aliphatic heterocycles. The Balaban J connectivity index is 1.22. The molecule has 0 amide bonds. The normalized spacial score (nSPS) is 11.7. The average Bonchev–Trinajstić information content (AvgIpc) is 3.56. The molecule has 228 valence electrons. The van der Waals surface area contributed by atoms with Gasteiger partial charge in [0.1, 0.15) is 11.2 Å². The molecule has 0 saturated carbocycles. The molecule has 10 rings (SSSR count). The maximum atomic E-state index is 6.26. The van der Waals surface area contributed by atoms with Crippen LogP contribution in [0.1, 0.15) is 0 Å². The monoisotopic (exact) mass is 625 g/mol. The van der Waals surface area contributed by atoms with Crippen molar-refractivity contribution in [2.75, 3.05) is 0 Å². The second-order valence-corrected chi connectivity index (χ2v) is 12.4. The first kappa shape index (κ1) is 27.5. The van der Waals surface area contributed by atoms with E-state index in [0.29, 0.717) is 17.5 Å². The number of furan rings is 1. The molecule has 0 N–H and O–H groups in total. The topological polar surface area (TPSA) is 51.8 Å². The highest BCUT2D eigenvalue weighted by Crippen LogP contribution is 2.39. The second-order valence-electron chi connectivity index (χ2n) is 12.4. The van der Waals surface area contributed by atoms with Crippen molar-refractivity contribution in [2.24, 2.45) is 0 Å². The van der Waals surface area contributed by atoms with Gasteiger partial charge in [0.15, 0.2) is 17.5 Å². The lowest BCUT2D eigenvalue weighted by molar-refractivity contribution is 0.669. The molecule has 49 heavy (non-hydrogen) atoms. The minimum Gasteiger partial charge on any atom is -0.456 e. The van der Waals surface area contributed by atoms with Crippen molar-refractivity contribution < 1.29 is 4.42 Å². The van der Waals surface area contributed by atoms with E-state index >= 15 is 0 Å². The van der Waals surface area contributed by atoms with Gasteiger partial charge in [-0.25, -0.2) is 15.0 Å². The number of rotatable bonds is 4. The zero-order valence-electron chi connectivity index (χ0n) is 26.3. The lowest BCUT2D eigenvalue weighted by Crippen LogP contribution is -2.01. The predicted octanol–water partition coefficient (Wildman–Crippen LogP) is 11.9. The van der Waals surface area contributed by atoms with Gasteiger partial charge < -0.3 is 4.42 Å². The van der Waals surface area contributed by atoms with Crippen molar-refractivity contribution in [1.82, 2.24) is 15.0 Å². The van der Waals surface area contributed by atoms with Crippen LogP contribution in [0.2, 0.25) is 0 Å². The smallest absolute Gasteiger partial charge is 0.164 e. The van der Waals surface area contributed by atoms with Crippen LogP contribution >= 0.6 is 0 Å². The summed E-state index contributed by atoms with van der Waals surface area (Å²) in [5, 5.41) is 9.02. The van der Waals surface area contributed by atoms with Crippen LogP contribution < -0.4 is 0 Å². The molecule has 0 aliphatic rings. The van der Waals surface area contributed by atoms with Gasteiger partial charge in [0.25, 0.3) is 0 Å². The fraction of sp³-hybridized carbons (Fsp3) is 0. The van der Waals surface area contributed by atoms with E-state index in [1.807, 2.05) is 30.3 Å². The summed E-state index contributed by atoms with van der Waals surface area (Å²) in [6.45, 7) is 0. The highest BCUT2D eigenvalue weighted by Gasteiger charge is 2.19. The van der Waals surface area contributed by atoms with Crippen molar-refractivity contribution in [2.45, 2.75) is 0 Å². The van der Waals surface area contributed by atoms with Crippen molar-refractivity contribution in [3.63, 3.8) is 0 Å². The molecule has 0 atom stereocenters. The quantitative estimate of drug-likeness (QED) is 0.195. The summed E-state index contributed by atoms with van der Waals surface area (Å²) in [6, 6.07) is 57.0. The van der Waals surface area contributed by atoms with Gasteiger partial charge in [0.2, 0.25) is 0 Å². The molecule has 0 spiro atoms. The van der Waals surface area contributed by atoms with Gasteiger partial charge in [-0.15, -0.1) is 0 Å². The molecule has 0 aliphatic carbocycles. The summed E-state index contributed by atoms with van der Waals surface area (Å²) >= 11 is 0. The van der Waals surface area contributed by atoms with Crippen LogP contribution in [0.15, 0.2) is 168 Å². The average molecular weight is 626 g/mol. The van der Waals surface area contributed by atoms with Crippen molar-refractivity contribution in [1.29, 1.82) is 0 Å². The van der Waals surface area contributed by atoms with Crippen LogP contribution in [-0.2, 0) is 0 Å². The van der Waals surface area contributed by atoms with Gasteiger partial charge in [-0.05, 0) is 73.8 Å². The standard InChI is InChI=1S/C45H27N3O/c1-3-12-30-26-32(22-20-28(30)10-1)34-24-25-37(36-15-6-5-14-35(34)36)44-46-43(33-23-21-29-11-2-4-13-31(29)27-33)47-45(48-44)39-17-9-19-41-42(39)38-16-7-8-18-40(38)49-41/h1-27H. The van der Waals surface area contributed by atoms with Gasteiger partial charge in [-0.3, -0.25) is 0 Å². The Kier molecular flexibility index (Phi) is 6.15.